The number of piperidine rings is 1. The summed E-state index contributed by atoms with van der Waals surface area (Å²) >= 11 is 0. The number of amides is 1. The summed E-state index contributed by atoms with van der Waals surface area (Å²) in [5, 5.41) is 0. The summed E-state index contributed by atoms with van der Waals surface area (Å²) in [4.78, 5) is 13.3. The summed E-state index contributed by atoms with van der Waals surface area (Å²) in [5.41, 5.74) is 2.73. The number of benzene rings is 2. The highest BCUT2D eigenvalue weighted by molar-refractivity contribution is 5.73. The zero-order valence-corrected chi connectivity index (χ0v) is 14.1. The van der Waals surface area contributed by atoms with E-state index in [0.717, 1.165) is 22.4 Å². The average Bonchev–Trinajstić information content (AvgIpc) is 2.62. The van der Waals surface area contributed by atoms with E-state index in [4.69, 9.17) is 9.47 Å². The van der Waals surface area contributed by atoms with Crippen LogP contribution in [-0.4, -0.2) is 29.7 Å². The van der Waals surface area contributed by atoms with Crippen molar-refractivity contribution in [2.45, 2.75) is 32.2 Å². The molecule has 2 aliphatic heterocycles. The first-order valence-corrected chi connectivity index (χ1v) is 8.52. The molecule has 2 aromatic carbocycles. The quantitative estimate of drug-likeness (QED) is 0.793. The Morgan fingerprint density at radius 1 is 1.12 bits per heavy atom. The Hall–Kier alpha value is -2.40. The van der Waals surface area contributed by atoms with Gasteiger partial charge in [-0.1, -0.05) is 18.2 Å². The maximum atomic E-state index is 13.4. The largest absolute Gasteiger partial charge is 0.462 e. The monoisotopic (exact) mass is 341 g/mol. The van der Waals surface area contributed by atoms with E-state index in [9.17, 15) is 9.18 Å². The van der Waals surface area contributed by atoms with Crippen LogP contribution >= 0.6 is 0 Å². The van der Waals surface area contributed by atoms with Crippen LogP contribution < -0.4 is 4.74 Å². The first-order valence-electron chi connectivity index (χ1n) is 8.52. The Morgan fingerprint density at radius 2 is 1.88 bits per heavy atom. The van der Waals surface area contributed by atoms with Crippen LogP contribution in [0.3, 0.4) is 0 Å². The predicted octanol–water partition coefficient (Wildman–Crippen LogP) is 3.74. The molecule has 1 fully saturated rings. The number of halogens is 1. The topological polar surface area (TPSA) is 38.8 Å². The van der Waals surface area contributed by atoms with E-state index < -0.39 is 5.79 Å². The number of hydrogen-bond donors (Lipinski definition) is 0. The first-order chi connectivity index (χ1) is 12.0. The Balaban J connectivity index is 1.54. The zero-order chi connectivity index (χ0) is 17.4. The van der Waals surface area contributed by atoms with Crippen molar-refractivity contribution in [2.75, 3.05) is 13.1 Å². The summed E-state index contributed by atoms with van der Waals surface area (Å²) in [6.45, 7) is 3.33. The lowest BCUT2D eigenvalue weighted by Gasteiger charge is -2.43. The standard InChI is InChI=1S/C20H20FNO3/c1-14(23)22-9-7-20(8-10-22)24-13-17-11-16(5-6-19(17)25-20)15-3-2-4-18(21)12-15/h2-6,11-12H,7-10,13H2,1H3. The average molecular weight is 341 g/mol. The fourth-order valence-electron chi connectivity index (χ4n) is 3.49. The first kappa shape index (κ1) is 16.1. The van der Waals surface area contributed by atoms with Crippen LogP contribution in [0.25, 0.3) is 11.1 Å². The van der Waals surface area contributed by atoms with Crippen LogP contribution in [0.15, 0.2) is 42.5 Å². The molecule has 0 unspecified atom stereocenters. The van der Waals surface area contributed by atoms with Crippen molar-refractivity contribution in [2.24, 2.45) is 0 Å². The maximum Gasteiger partial charge on any atom is 0.219 e. The van der Waals surface area contributed by atoms with Crippen molar-refractivity contribution in [1.82, 2.24) is 4.90 Å². The summed E-state index contributed by atoms with van der Waals surface area (Å²) in [6.07, 6.45) is 1.33. The fraction of sp³-hybridized carbons (Fsp3) is 0.350. The molecule has 0 bridgehead atoms. The van der Waals surface area contributed by atoms with Crippen LogP contribution in [0, 0.1) is 5.82 Å². The SMILES string of the molecule is CC(=O)N1CCC2(CC1)OCc1cc(-c3cccc(F)c3)ccc1O2. The molecule has 25 heavy (non-hydrogen) atoms. The van der Waals surface area contributed by atoms with Crippen LogP contribution in [0.5, 0.6) is 5.75 Å². The molecule has 1 spiro atoms. The molecule has 4 rings (SSSR count). The summed E-state index contributed by atoms with van der Waals surface area (Å²) < 4.78 is 25.7. The van der Waals surface area contributed by atoms with Crippen LogP contribution in [0.1, 0.15) is 25.3 Å². The number of hydrogen-bond acceptors (Lipinski definition) is 3. The molecule has 0 aliphatic carbocycles. The second-order valence-corrected chi connectivity index (χ2v) is 6.64. The molecule has 0 radical (unpaired) electrons. The molecule has 0 saturated carbocycles. The van der Waals surface area contributed by atoms with Crippen LogP contribution in [0.2, 0.25) is 0 Å². The Morgan fingerprint density at radius 3 is 2.60 bits per heavy atom. The molecule has 2 aromatic rings. The van der Waals surface area contributed by atoms with E-state index in [0.29, 0.717) is 32.5 Å². The van der Waals surface area contributed by atoms with Crippen LogP contribution in [0.4, 0.5) is 4.39 Å². The maximum absolute atomic E-state index is 13.4. The molecular formula is C20H20FNO3. The van der Waals surface area contributed by atoms with Gasteiger partial charge in [0.15, 0.2) is 0 Å². The van der Waals surface area contributed by atoms with Gasteiger partial charge < -0.3 is 14.4 Å². The van der Waals surface area contributed by atoms with Gasteiger partial charge in [-0.25, -0.2) is 4.39 Å². The van der Waals surface area contributed by atoms with E-state index in [1.54, 1.807) is 13.0 Å². The Bertz CT molecular complexity index is 812. The van der Waals surface area contributed by atoms with Gasteiger partial charge in [0.2, 0.25) is 11.7 Å². The highest BCUT2D eigenvalue weighted by atomic mass is 19.1. The predicted molar refractivity (Wildman–Crippen MR) is 91.5 cm³/mol. The molecule has 1 saturated heterocycles. The number of rotatable bonds is 1. The number of likely N-dealkylation sites (tertiary alicyclic amines) is 1. The minimum Gasteiger partial charge on any atom is -0.462 e. The van der Waals surface area contributed by atoms with Gasteiger partial charge in [0.05, 0.1) is 6.61 Å². The van der Waals surface area contributed by atoms with Gasteiger partial charge in [-0.05, 0) is 35.4 Å². The molecular weight excluding hydrogens is 321 g/mol. The molecule has 0 atom stereocenters. The van der Waals surface area contributed by atoms with Crippen molar-refractivity contribution in [3.05, 3.63) is 53.8 Å². The summed E-state index contributed by atoms with van der Waals surface area (Å²) in [7, 11) is 0. The van der Waals surface area contributed by atoms with Gasteiger partial charge in [-0.15, -0.1) is 0 Å². The lowest BCUT2D eigenvalue weighted by atomic mass is 9.99. The van der Waals surface area contributed by atoms with Gasteiger partial charge in [0, 0.05) is 38.4 Å². The lowest BCUT2D eigenvalue weighted by Crippen LogP contribution is -2.52. The molecule has 130 valence electrons. The minimum atomic E-state index is -0.640. The smallest absolute Gasteiger partial charge is 0.219 e. The van der Waals surface area contributed by atoms with E-state index in [1.807, 2.05) is 29.2 Å². The highest BCUT2D eigenvalue weighted by Crippen LogP contribution is 2.39. The van der Waals surface area contributed by atoms with Gasteiger partial charge >= 0.3 is 0 Å². The van der Waals surface area contributed by atoms with Gasteiger partial charge in [-0.3, -0.25) is 4.79 Å². The Kier molecular flexibility index (Phi) is 3.96. The van der Waals surface area contributed by atoms with E-state index in [-0.39, 0.29) is 11.7 Å². The van der Waals surface area contributed by atoms with Crippen molar-refractivity contribution in [3.8, 4) is 16.9 Å². The lowest BCUT2D eigenvalue weighted by molar-refractivity contribution is -0.227. The second-order valence-electron chi connectivity index (χ2n) is 6.64. The molecule has 1 amide bonds. The van der Waals surface area contributed by atoms with Crippen molar-refractivity contribution >= 4 is 5.91 Å². The van der Waals surface area contributed by atoms with Gasteiger partial charge in [0.25, 0.3) is 0 Å². The van der Waals surface area contributed by atoms with Crippen molar-refractivity contribution in [3.63, 3.8) is 0 Å². The number of carbonyl (C=O) groups is 1. The van der Waals surface area contributed by atoms with Crippen LogP contribution in [-0.2, 0) is 16.1 Å². The normalized spacial score (nSPS) is 18.6. The second kappa shape index (κ2) is 6.15. The third kappa shape index (κ3) is 3.12. The van der Waals surface area contributed by atoms with E-state index >= 15 is 0 Å². The summed E-state index contributed by atoms with van der Waals surface area (Å²) in [5.74, 6) is 0.00616. The third-order valence-electron chi connectivity index (χ3n) is 4.98. The van der Waals surface area contributed by atoms with Crippen molar-refractivity contribution in [1.29, 1.82) is 0 Å². The molecule has 0 aromatic heterocycles. The minimum absolute atomic E-state index is 0.0887. The number of ether oxygens (including phenoxy) is 2. The number of carbonyl (C=O) groups excluding carboxylic acids is 1. The summed E-state index contributed by atoms with van der Waals surface area (Å²) in [6, 6.07) is 12.4. The molecule has 0 N–H and O–H groups in total. The Labute approximate surface area is 146 Å². The molecule has 2 aliphatic rings. The molecule has 2 heterocycles. The fourth-order valence-corrected chi connectivity index (χ4v) is 3.49. The number of fused-ring (bicyclic) bond motifs is 1. The molecule has 4 nitrogen and oxygen atoms in total. The van der Waals surface area contributed by atoms with Gasteiger partial charge in [0.1, 0.15) is 11.6 Å². The zero-order valence-electron chi connectivity index (χ0n) is 14.1. The van der Waals surface area contributed by atoms with E-state index in [1.165, 1.54) is 12.1 Å². The van der Waals surface area contributed by atoms with E-state index in [2.05, 4.69) is 0 Å². The third-order valence-corrected chi connectivity index (χ3v) is 4.98. The highest BCUT2D eigenvalue weighted by Gasteiger charge is 2.41. The number of nitrogens with zero attached hydrogens (tertiary/aromatic N) is 1. The molecule has 5 heteroatoms. The van der Waals surface area contributed by atoms with Crippen molar-refractivity contribution < 1.29 is 18.7 Å². The van der Waals surface area contributed by atoms with Gasteiger partial charge in [-0.2, -0.15) is 0 Å².